The van der Waals surface area contributed by atoms with Crippen LogP contribution in [0.2, 0.25) is 0 Å². The van der Waals surface area contributed by atoms with Gasteiger partial charge in [0.05, 0.1) is 19.0 Å². The van der Waals surface area contributed by atoms with Crippen molar-refractivity contribution < 1.29 is 19.1 Å². The summed E-state index contributed by atoms with van der Waals surface area (Å²) in [7, 11) is 1.48. The van der Waals surface area contributed by atoms with Gasteiger partial charge in [-0.15, -0.1) is 0 Å². The Morgan fingerprint density at radius 1 is 0.867 bits per heavy atom. The number of hydrazone groups is 1. The van der Waals surface area contributed by atoms with Crippen LogP contribution in [-0.4, -0.2) is 25.1 Å². The first kappa shape index (κ1) is 20.6. The summed E-state index contributed by atoms with van der Waals surface area (Å²) in [5.41, 5.74) is 4.30. The number of methoxy groups -OCH3 is 1. The number of hydrogen-bond acceptors (Lipinski definition) is 5. The fraction of sp³-hybridized carbons (Fsp3) is 0.0870. The average Bonchev–Trinajstić information content (AvgIpc) is 2.79. The lowest BCUT2D eigenvalue weighted by molar-refractivity contribution is -0.136. The highest BCUT2D eigenvalue weighted by Crippen LogP contribution is 2.22. The number of nitrogens with one attached hydrogen (secondary N) is 2. The third-order valence-electron chi connectivity index (χ3n) is 4.09. The van der Waals surface area contributed by atoms with Crippen LogP contribution in [0.25, 0.3) is 0 Å². The molecule has 2 N–H and O–H groups in total. The van der Waals surface area contributed by atoms with Crippen LogP contribution < -0.4 is 20.2 Å². The molecule has 0 saturated heterocycles. The lowest BCUT2D eigenvalue weighted by Gasteiger charge is -2.09. The summed E-state index contributed by atoms with van der Waals surface area (Å²) in [6, 6.07) is 23.8. The van der Waals surface area contributed by atoms with Gasteiger partial charge in [-0.25, -0.2) is 5.43 Å². The Kier molecular flexibility index (Phi) is 7.16. The molecule has 30 heavy (non-hydrogen) atoms. The summed E-state index contributed by atoms with van der Waals surface area (Å²) in [6.07, 6.45) is 1.43. The average molecular weight is 403 g/mol. The number of nitrogens with zero attached hydrogens (tertiary/aromatic N) is 1. The van der Waals surface area contributed by atoms with Gasteiger partial charge in [-0.1, -0.05) is 54.6 Å². The largest absolute Gasteiger partial charge is 0.495 e. The van der Waals surface area contributed by atoms with Crippen molar-refractivity contribution in [2.45, 2.75) is 6.61 Å². The Bertz CT molecular complexity index is 1040. The van der Waals surface area contributed by atoms with Crippen LogP contribution in [0.1, 0.15) is 11.1 Å². The van der Waals surface area contributed by atoms with Crippen LogP contribution in [0, 0.1) is 0 Å². The number of anilines is 1. The van der Waals surface area contributed by atoms with Gasteiger partial charge in [-0.3, -0.25) is 9.59 Å². The molecular weight excluding hydrogens is 382 g/mol. The predicted octanol–water partition coefficient (Wildman–Crippen LogP) is 3.36. The first-order valence-electron chi connectivity index (χ1n) is 9.20. The molecule has 0 aliphatic rings. The molecule has 3 aromatic carbocycles. The van der Waals surface area contributed by atoms with Gasteiger partial charge in [0.2, 0.25) is 0 Å². The standard InChI is InChI=1S/C23H21N3O4/c1-29-21-14-8-6-12-19(21)25-22(27)23(28)26-24-15-18-11-5-7-13-20(18)30-16-17-9-3-2-4-10-17/h2-15H,16H2,1H3,(H,25,27)(H,26,28)/b24-15+. The molecule has 2 amide bonds. The number of rotatable bonds is 7. The molecule has 0 heterocycles. The van der Waals surface area contributed by atoms with Gasteiger partial charge >= 0.3 is 11.8 Å². The smallest absolute Gasteiger partial charge is 0.329 e. The Labute approximate surface area is 174 Å². The lowest BCUT2D eigenvalue weighted by atomic mass is 10.2. The molecule has 7 heteroatoms. The van der Waals surface area contributed by atoms with Gasteiger partial charge in [-0.05, 0) is 29.8 Å². The monoisotopic (exact) mass is 403 g/mol. The maximum absolute atomic E-state index is 12.1. The van der Waals surface area contributed by atoms with Crippen LogP contribution in [0.15, 0.2) is 84.0 Å². The molecule has 3 aromatic rings. The van der Waals surface area contributed by atoms with Crippen molar-refractivity contribution in [1.82, 2.24) is 5.43 Å². The van der Waals surface area contributed by atoms with Crippen molar-refractivity contribution in [1.29, 1.82) is 0 Å². The fourth-order valence-corrected chi connectivity index (χ4v) is 2.59. The number of para-hydroxylation sites is 3. The third-order valence-corrected chi connectivity index (χ3v) is 4.09. The van der Waals surface area contributed by atoms with E-state index in [0.29, 0.717) is 29.4 Å². The van der Waals surface area contributed by atoms with Gasteiger partial charge in [0.1, 0.15) is 18.1 Å². The second-order valence-electron chi connectivity index (χ2n) is 6.17. The first-order valence-corrected chi connectivity index (χ1v) is 9.20. The predicted molar refractivity (Wildman–Crippen MR) is 115 cm³/mol. The summed E-state index contributed by atoms with van der Waals surface area (Å²) in [6.45, 7) is 0.402. The number of hydrogen-bond donors (Lipinski definition) is 2. The molecule has 0 radical (unpaired) electrons. The highest BCUT2D eigenvalue weighted by molar-refractivity contribution is 6.39. The zero-order chi connectivity index (χ0) is 21.2. The second kappa shape index (κ2) is 10.4. The lowest BCUT2D eigenvalue weighted by Crippen LogP contribution is -2.32. The molecule has 0 unspecified atom stereocenters. The Hall–Kier alpha value is -4.13. The molecule has 0 fully saturated rings. The molecule has 0 spiro atoms. The van der Waals surface area contributed by atoms with Crippen molar-refractivity contribution in [3.05, 3.63) is 90.0 Å². The molecule has 0 bridgehead atoms. The summed E-state index contributed by atoms with van der Waals surface area (Å²) in [5, 5.41) is 6.35. The van der Waals surface area contributed by atoms with Crippen LogP contribution in [0.5, 0.6) is 11.5 Å². The van der Waals surface area contributed by atoms with Gasteiger partial charge in [-0.2, -0.15) is 5.10 Å². The minimum absolute atomic E-state index is 0.392. The Balaban J connectivity index is 1.58. The van der Waals surface area contributed by atoms with Crippen molar-refractivity contribution in [2.24, 2.45) is 5.10 Å². The molecule has 0 aromatic heterocycles. The van der Waals surface area contributed by atoms with E-state index in [1.807, 2.05) is 42.5 Å². The van der Waals surface area contributed by atoms with E-state index in [1.54, 1.807) is 36.4 Å². The van der Waals surface area contributed by atoms with E-state index < -0.39 is 11.8 Å². The summed E-state index contributed by atoms with van der Waals surface area (Å²) in [4.78, 5) is 24.1. The van der Waals surface area contributed by atoms with Gasteiger partial charge in [0.15, 0.2) is 0 Å². The summed E-state index contributed by atoms with van der Waals surface area (Å²) >= 11 is 0. The second-order valence-corrected chi connectivity index (χ2v) is 6.17. The van der Waals surface area contributed by atoms with E-state index in [9.17, 15) is 9.59 Å². The Morgan fingerprint density at radius 2 is 1.53 bits per heavy atom. The molecule has 0 atom stereocenters. The maximum atomic E-state index is 12.1. The van der Waals surface area contributed by atoms with E-state index in [1.165, 1.54) is 13.3 Å². The minimum Gasteiger partial charge on any atom is -0.495 e. The van der Waals surface area contributed by atoms with Gasteiger partial charge < -0.3 is 14.8 Å². The fourth-order valence-electron chi connectivity index (χ4n) is 2.59. The van der Waals surface area contributed by atoms with Crippen LogP contribution in [-0.2, 0) is 16.2 Å². The molecule has 152 valence electrons. The SMILES string of the molecule is COc1ccccc1NC(=O)C(=O)N/N=C/c1ccccc1OCc1ccccc1. The van der Waals surface area contributed by atoms with Gasteiger partial charge in [0, 0.05) is 5.56 Å². The van der Waals surface area contributed by atoms with Crippen LogP contribution in [0.4, 0.5) is 5.69 Å². The third kappa shape index (κ3) is 5.68. The maximum Gasteiger partial charge on any atom is 0.329 e. The van der Waals surface area contributed by atoms with Crippen molar-refractivity contribution >= 4 is 23.7 Å². The number of ether oxygens (including phenoxy) is 2. The normalized spacial score (nSPS) is 10.4. The van der Waals surface area contributed by atoms with E-state index in [0.717, 1.165) is 5.56 Å². The molecule has 3 rings (SSSR count). The molecule has 0 aliphatic carbocycles. The Morgan fingerprint density at radius 3 is 2.30 bits per heavy atom. The first-order chi connectivity index (χ1) is 14.7. The van der Waals surface area contributed by atoms with Crippen molar-refractivity contribution in [3.8, 4) is 11.5 Å². The van der Waals surface area contributed by atoms with E-state index in [-0.39, 0.29) is 0 Å². The highest BCUT2D eigenvalue weighted by atomic mass is 16.5. The quantitative estimate of drug-likeness (QED) is 0.360. The highest BCUT2D eigenvalue weighted by Gasteiger charge is 2.15. The summed E-state index contributed by atoms with van der Waals surface area (Å²) < 4.78 is 11.0. The van der Waals surface area contributed by atoms with Crippen molar-refractivity contribution in [2.75, 3.05) is 12.4 Å². The number of amides is 2. The van der Waals surface area contributed by atoms with Crippen molar-refractivity contribution in [3.63, 3.8) is 0 Å². The number of benzene rings is 3. The summed E-state index contributed by atoms with van der Waals surface area (Å²) in [5.74, 6) is -0.699. The number of carbonyl (C=O) groups is 2. The zero-order valence-electron chi connectivity index (χ0n) is 16.4. The van der Waals surface area contributed by atoms with E-state index in [4.69, 9.17) is 9.47 Å². The molecule has 0 aliphatic heterocycles. The molecular formula is C23H21N3O4. The van der Waals surface area contributed by atoms with Gasteiger partial charge in [0.25, 0.3) is 0 Å². The zero-order valence-corrected chi connectivity index (χ0v) is 16.4. The number of carbonyl (C=O) groups excluding carboxylic acids is 2. The van der Waals surface area contributed by atoms with E-state index in [2.05, 4.69) is 15.8 Å². The molecule has 0 saturated carbocycles. The topological polar surface area (TPSA) is 89.0 Å². The van der Waals surface area contributed by atoms with Crippen LogP contribution >= 0.6 is 0 Å². The molecule has 7 nitrogen and oxygen atoms in total. The van der Waals surface area contributed by atoms with E-state index >= 15 is 0 Å². The minimum atomic E-state index is -0.903. The van der Waals surface area contributed by atoms with Crippen LogP contribution in [0.3, 0.4) is 0 Å².